The van der Waals surface area contributed by atoms with E-state index in [9.17, 15) is 4.79 Å². The van der Waals surface area contributed by atoms with E-state index in [4.69, 9.17) is 4.74 Å². The molecule has 0 N–H and O–H groups in total. The highest BCUT2D eigenvalue weighted by Crippen LogP contribution is 2.19. The first kappa shape index (κ1) is 15.8. The summed E-state index contributed by atoms with van der Waals surface area (Å²) in [5.74, 6) is 0.759. The van der Waals surface area contributed by atoms with Crippen molar-refractivity contribution in [1.29, 1.82) is 0 Å². The van der Waals surface area contributed by atoms with E-state index >= 15 is 0 Å². The summed E-state index contributed by atoms with van der Waals surface area (Å²) in [7, 11) is 1.80. The summed E-state index contributed by atoms with van der Waals surface area (Å²) in [6.07, 6.45) is 3.38. The summed E-state index contributed by atoms with van der Waals surface area (Å²) in [6, 6.07) is 17.6. The van der Waals surface area contributed by atoms with Gasteiger partial charge in [0.05, 0.1) is 6.61 Å². The van der Waals surface area contributed by atoms with Gasteiger partial charge in [0.2, 0.25) is 5.91 Å². The molecule has 0 spiro atoms. The van der Waals surface area contributed by atoms with Gasteiger partial charge in [-0.2, -0.15) is 0 Å². The molecule has 0 unspecified atom stereocenters. The van der Waals surface area contributed by atoms with E-state index in [0.29, 0.717) is 13.2 Å². The first-order valence-corrected chi connectivity index (χ1v) is 7.39. The van der Waals surface area contributed by atoms with E-state index in [1.54, 1.807) is 24.1 Å². The van der Waals surface area contributed by atoms with E-state index < -0.39 is 0 Å². The van der Waals surface area contributed by atoms with Crippen molar-refractivity contribution in [3.8, 4) is 5.75 Å². The quantitative estimate of drug-likeness (QED) is 0.759. The Morgan fingerprint density at radius 2 is 1.77 bits per heavy atom. The zero-order chi connectivity index (χ0) is 15.8. The van der Waals surface area contributed by atoms with Gasteiger partial charge in [0.25, 0.3) is 0 Å². The van der Waals surface area contributed by atoms with Gasteiger partial charge in [-0.25, -0.2) is 0 Å². The molecule has 1 amide bonds. The second kappa shape index (κ2) is 8.03. The van der Waals surface area contributed by atoms with Crippen LogP contribution in [0, 0.1) is 0 Å². The molecule has 0 fully saturated rings. The molecule has 22 heavy (non-hydrogen) atoms. The van der Waals surface area contributed by atoms with Gasteiger partial charge >= 0.3 is 0 Å². The Morgan fingerprint density at radius 1 is 1.09 bits per heavy atom. The predicted molar refractivity (Wildman–Crippen MR) is 89.6 cm³/mol. The van der Waals surface area contributed by atoms with E-state index in [2.05, 4.69) is 0 Å². The lowest BCUT2D eigenvalue weighted by atomic mass is 10.2. The minimum absolute atomic E-state index is 0.0323. The largest absolute Gasteiger partial charge is 0.493 e. The average molecular weight is 295 g/mol. The monoisotopic (exact) mass is 295 g/mol. The fourth-order valence-electron chi connectivity index (χ4n) is 2.13. The molecule has 0 aliphatic rings. The minimum Gasteiger partial charge on any atom is -0.493 e. The van der Waals surface area contributed by atoms with Crippen LogP contribution in [0.15, 0.2) is 60.7 Å². The Kier molecular flexibility index (Phi) is 5.78. The Bertz CT molecular complexity index is 635. The lowest BCUT2D eigenvalue weighted by Crippen LogP contribution is -2.24. The van der Waals surface area contributed by atoms with Gasteiger partial charge in [0, 0.05) is 25.2 Å². The number of nitrogens with zero attached hydrogens (tertiary/aromatic N) is 1. The smallest absolute Gasteiger partial charge is 0.246 e. The first-order valence-electron chi connectivity index (χ1n) is 7.39. The van der Waals surface area contributed by atoms with Crippen molar-refractivity contribution < 1.29 is 9.53 Å². The molecule has 0 aromatic heterocycles. The van der Waals surface area contributed by atoms with Crippen LogP contribution in [0.4, 0.5) is 0 Å². The maximum atomic E-state index is 12.2. The van der Waals surface area contributed by atoms with Crippen LogP contribution >= 0.6 is 0 Å². The summed E-state index contributed by atoms with van der Waals surface area (Å²) in [5, 5.41) is 0. The van der Waals surface area contributed by atoms with Crippen LogP contribution in [0.1, 0.15) is 18.1 Å². The Morgan fingerprint density at radius 3 is 2.50 bits per heavy atom. The van der Waals surface area contributed by atoms with Gasteiger partial charge < -0.3 is 9.64 Å². The van der Waals surface area contributed by atoms with Crippen LogP contribution in [0.2, 0.25) is 0 Å². The van der Waals surface area contributed by atoms with Crippen LogP contribution in [0.5, 0.6) is 5.75 Å². The summed E-state index contributed by atoms with van der Waals surface area (Å²) < 4.78 is 5.55. The lowest BCUT2D eigenvalue weighted by molar-refractivity contribution is -0.125. The molecule has 0 radical (unpaired) electrons. The average Bonchev–Trinajstić information content (AvgIpc) is 2.55. The third-order valence-electron chi connectivity index (χ3n) is 3.26. The molecule has 0 aliphatic heterocycles. The summed E-state index contributed by atoms with van der Waals surface area (Å²) in [6.45, 7) is 3.14. The van der Waals surface area contributed by atoms with Crippen LogP contribution in [0.3, 0.4) is 0 Å². The number of ether oxygens (including phenoxy) is 1. The molecule has 0 heterocycles. The molecule has 0 saturated carbocycles. The number of rotatable bonds is 6. The van der Waals surface area contributed by atoms with Crippen molar-refractivity contribution in [2.75, 3.05) is 13.7 Å². The van der Waals surface area contributed by atoms with E-state index in [1.165, 1.54) is 0 Å². The number of benzene rings is 2. The molecule has 3 heteroatoms. The maximum absolute atomic E-state index is 12.2. The van der Waals surface area contributed by atoms with E-state index in [1.807, 2.05) is 61.5 Å². The molecule has 0 atom stereocenters. The molecule has 0 aliphatic carbocycles. The first-order chi connectivity index (χ1) is 10.7. The fraction of sp³-hybridized carbons (Fsp3) is 0.211. The lowest BCUT2D eigenvalue weighted by Gasteiger charge is -2.15. The van der Waals surface area contributed by atoms with Crippen molar-refractivity contribution >= 4 is 12.0 Å². The highest BCUT2D eigenvalue weighted by molar-refractivity contribution is 5.92. The molecule has 0 saturated heterocycles. The fourth-order valence-corrected chi connectivity index (χ4v) is 2.13. The number of amides is 1. The molecular formula is C19H21NO2. The minimum atomic E-state index is -0.0323. The van der Waals surface area contributed by atoms with Gasteiger partial charge in [0.15, 0.2) is 0 Å². The SMILES string of the molecule is CCOc1ccccc1C=CC(=O)N(C)Cc1ccccc1. The Labute approximate surface area is 131 Å². The van der Waals surface area contributed by atoms with Crippen molar-refractivity contribution in [2.24, 2.45) is 0 Å². The number of hydrogen-bond acceptors (Lipinski definition) is 2. The predicted octanol–water partition coefficient (Wildman–Crippen LogP) is 3.76. The molecule has 0 bridgehead atoms. The molecule has 2 rings (SSSR count). The summed E-state index contributed by atoms with van der Waals surface area (Å²) in [5.41, 5.74) is 2.02. The maximum Gasteiger partial charge on any atom is 0.246 e. The summed E-state index contributed by atoms with van der Waals surface area (Å²) >= 11 is 0. The van der Waals surface area contributed by atoms with E-state index in [0.717, 1.165) is 16.9 Å². The third-order valence-corrected chi connectivity index (χ3v) is 3.26. The highest BCUT2D eigenvalue weighted by Gasteiger charge is 2.06. The van der Waals surface area contributed by atoms with Crippen LogP contribution in [-0.2, 0) is 11.3 Å². The number of likely N-dealkylation sites (N-methyl/N-ethyl adjacent to an activating group) is 1. The van der Waals surface area contributed by atoms with Gasteiger partial charge in [-0.15, -0.1) is 0 Å². The Balaban J connectivity index is 2.02. The van der Waals surface area contributed by atoms with Crippen molar-refractivity contribution in [2.45, 2.75) is 13.5 Å². The number of hydrogen-bond donors (Lipinski definition) is 0. The van der Waals surface area contributed by atoms with Gasteiger partial charge in [-0.05, 0) is 24.6 Å². The summed E-state index contributed by atoms with van der Waals surface area (Å²) in [4.78, 5) is 13.9. The third kappa shape index (κ3) is 4.48. The topological polar surface area (TPSA) is 29.5 Å². The van der Waals surface area contributed by atoms with Gasteiger partial charge in [-0.3, -0.25) is 4.79 Å². The number of para-hydroxylation sites is 1. The van der Waals surface area contributed by atoms with Crippen LogP contribution < -0.4 is 4.74 Å². The second-order valence-electron chi connectivity index (χ2n) is 4.98. The molecular weight excluding hydrogens is 274 g/mol. The van der Waals surface area contributed by atoms with Crippen molar-refractivity contribution in [1.82, 2.24) is 4.90 Å². The van der Waals surface area contributed by atoms with Gasteiger partial charge in [0.1, 0.15) is 5.75 Å². The molecule has 2 aromatic rings. The molecule has 114 valence electrons. The number of carbonyl (C=O) groups is 1. The Hall–Kier alpha value is -2.55. The van der Waals surface area contributed by atoms with Crippen molar-refractivity contribution in [3.63, 3.8) is 0 Å². The molecule has 3 nitrogen and oxygen atoms in total. The van der Waals surface area contributed by atoms with Gasteiger partial charge in [-0.1, -0.05) is 48.5 Å². The van der Waals surface area contributed by atoms with Crippen LogP contribution in [0.25, 0.3) is 6.08 Å². The van der Waals surface area contributed by atoms with Crippen LogP contribution in [-0.4, -0.2) is 24.5 Å². The molecule has 2 aromatic carbocycles. The number of carbonyl (C=O) groups excluding carboxylic acids is 1. The van der Waals surface area contributed by atoms with Crippen molar-refractivity contribution in [3.05, 3.63) is 71.8 Å². The highest BCUT2D eigenvalue weighted by atomic mass is 16.5. The zero-order valence-electron chi connectivity index (χ0n) is 13.0. The standard InChI is InChI=1S/C19H21NO2/c1-3-22-18-12-8-7-11-17(18)13-14-19(21)20(2)15-16-9-5-4-6-10-16/h4-14H,3,15H2,1-2H3. The van der Waals surface area contributed by atoms with E-state index in [-0.39, 0.29) is 5.91 Å². The second-order valence-corrected chi connectivity index (χ2v) is 4.98. The zero-order valence-corrected chi connectivity index (χ0v) is 13.0. The normalized spacial score (nSPS) is 10.6.